The van der Waals surface area contributed by atoms with E-state index in [1.165, 1.54) is 17.4 Å². The molecule has 1 unspecified atom stereocenters. The van der Waals surface area contributed by atoms with Crippen LogP contribution in [-0.4, -0.2) is 41.1 Å². The van der Waals surface area contributed by atoms with Crippen LogP contribution < -0.4 is 10.6 Å². The number of nitriles is 1. The number of hydrogen-bond acceptors (Lipinski definition) is 8. The number of carbonyl (C=O) groups is 2. The van der Waals surface area contributed by atoms with E-state index in [0.29, 0.717) is 21.7 Å². The summed E-state index contributed by atoms with van der Waals surface area (Å²) in [7, 11) is 1.85. The lowest BCUT2D eigenvalue weighted by Gasteiger charge is -2.30. The average molecular weight is 570 g/mol. The van der Waals surface area contributed by atoms with Crippen LogP contribution in [0.3, 0.4) is 0 Å². The van der Waals surface area contributed by atoms with E-state index in [0.717, 1.165) is 54.1 Å². The first kappa shape index (κ1) is 32.1. The van der Waals surface area contributed by atoms with E-state index in [9.17, 15) is 14.0 Å². The lowest BCUT2D eigenvalue weighted by atomic mass is 10.0. The topological polar surface area (TPSA) is 98.1 Å². The molecule has 10 heteroatoms. The maximum absolute atomic E-state index is 13.7. The number of rotatable bonds is 4. The molecule has 1 atom stereocenters. The summed E-state index contributed by atoms with van der Waals surface area (Å²) >= 11 is 3.06. The normalized spacial score (nSPS) is 15.6. The number of aromatic nitrogens is 1. The summed E-state index contributed by atoms with van der Waals surface area (Å²) < 4.78 is 15.9. The van der Waals surface area contributed by atoms with Gasteiger partial charge in [0, 0.05) is 40.2 Å². The highest BCUT2D eigenvalue weighted by Crippen LogP contribution is 2.38. The molecular formula is C29H36FN5O2S2. The van der Waals surface area contributed by atoms with Crippen molar-refractivity contribution in [2.75, 3.05) is 18.9 Å². The molecule has 0 aliphatic carbocycles. The van der Waals surface area contributed by atoms with Crippen LogP contribution in [0.25, 0.3) is 10.6 Å². The van der Waals surface area contributed by atoms with E-state index in [2.05, 4.69) is 19.9 Å². The third-order valence-electron chi connectivity index (χ3n) is 5.60. The summed E-state index contributed by atoms with van der Waals surface area (Å²) in [4.78, 5) is 29.2. The molecule has 0 bridgehead atoms. The second-order valence-corrected chi connectivity index (χ2v) is 10.3. The van der Waals surface area contributed by atoms with Gasteiger partial charge in [0.15, 0.2) is 0 Å². The zero-order valence-corrected chi connectivity index (χ0v) is 24.7. The van der Waals surface area contributed by atoms with Gasteiger partial charge in [-0.25, -0.2) is 13.7 Å². The number of nitrogens with one attached hydrogen (secondary N) is 2. The van der Waals surface area contributed by atoms with Gasteiger partial charge in [-0.05, 0) is 62.2 Å². The molecule has 1 aromatic heterocycles. The Kier molecular flexibility index (Phi) is 13.8. The first-order valence-electron chi connectivity index (χ1n) is 13.2. The monoisotopic (exact) mass is 569 g/mol. The maximum atomic E-state index is 13.7. The van der Waals surface area contributed by atoms with Crippen LogP contribution in [0.5, 0.6) is 0 Å². The minimum Gasteiger partial charge on any atom is -0.324 e. The number of nitrogens with zero attached hydrogens (tertiary/aromatic N) is 3. The van der Waals surface area contributed by atoms with Gasteiger partial charge in [-0.1, -0.05) is 40.2 Å². The van der Waals surface area contributed by atoms with E-state index in [-0.39, 0.29) is 11.9 Å². The highest BCUT2D eigenvalue weighted by Gasteiger charge is 2.33. The van der Waals surface area contributed by atoms with Crippen molar-refractivity contribution < 1.29 is 14.0 Å². The van der Waals surface area contributed by atoms with Crippen LogP contribution in [0.4, 0.5) is 10.1 Å². The summed E-state index contributed by atoms with van der Waals surface area (Å²) in [5, 5.41) is 15.2. The van der Waals surface area contributed by atoms with Gasteiger partial charge in [0.05, 0.1) is 23.4 Å². The standard InChI is InChI=1S/C13H14N2O2S.C12H10FN3S.2C2H6/c16-8-9-4-5-12-10(7-9)14-13(17)11-3-1-2-6-15(11)18-12;1-15-6-9-7-16-12(17-9)10-3-2-8(5-14)4-11(10)13;2*1-2/h4-5,7-8,11H,1-3,6H2,(H,14,17);2-4,7,15H,6H2,1H3;2*1-2H3. The number of fused-ring (bicyclic) bond motifs is 2. The number of hydrogen-bond donors (Lipinski definition) is 2. The van der Waals surface area contributed by atoms with E-state index in [4.69, 9.17) is 5.26 Å². The fourth-order valence-electron chi connectivity index (χ4n) is 3.86. The molecule has 39 heavy (non-hydrogen) atoms. The Morgan fingerprint density at radius 2 is 1.97 bits per heavy atom. The number of halogens is 1. The lowest BCUT2D eigenvalue weighted by molar-refractivity contribution is -0.120. The number of benzene rings is 2. The second kappa shape index (κ2) is 16.8. The van der Waals surface area contributed by atoms with Crippen molar-refractivity contribution in [1.29, 1.82) is 5.26 Å². The van der Waals surface area contributed by atoms with Crippen molar-refractivity contribution in [3.63, 3.8) is 0 Å². The number of carbonyl (C=O) groups excluding carboxylic acids is 2. The zero-order valence-electron chi connectivity index (χ0n) is 23.1. The summed E-state index contributed by atoms with van der Waals surface area (Å²) in [5.74, 6) is -0.363. The zero-order chi connectivity index (χ0) is 28.8. The van der Waals surface area contributed by atoms with Crippen molar-refractivity contribution in [2.24, 2.45) is 0 Å². The molecule has 7 nitrogen and oxygen atoms in total. The lowest BCUT2D eigenvalue weighted by Crippen LogP contribution is -2.41. The van der Waals surface area contributed by atoms with Gasteiger partial charge in [0.25, 0.3) is 0 Å². The molecule has 0 spiro atoms. The van der Waals surface area contributed by atoms with Crippen molar-refractivity contribution in [1.82, 2.24) is 14.6 Å². The quantitative estimate of drug-likeness (QED) is 0.260. The average Bonchev–Trinajstić information content (AvgIpc) is 3.39. The Labute approximate surface area is 239 Å². The molecule has 2 aliphatic rings. The van der Waals surface area contributed by atoms with E-state index < -0.39 is 5.82 Å². The summed E-state index contributed by atoms with van der Waals surface area (Å²) in [6.45, 7) is 9.66. The molecule has 2 N–H and O–H groups in total. The first-order chi connectivity index (χ1) is 19.0. The van der Waals surface area contributed by atoms with Crippen molar-refractivity contribution >= 4 is 41.2 Å². The van der Waals surface area contributed by atoms with E-state index in [1.54, 1.807) is 42.4 Å². The number of aldehydes is 1. The van der Waals surface area contributed by atoms with E-state index >= 15 is 0 Å². The van der Waals surface area contributed by atoms with Crippen molar-refractivity contribution in [2.45, 2.75) is 64.4 Å². The smallest absolute Gasteiger partial charge is 0.242 e. The molecule has 0 saturated carbocycles. The predicted octanol–water partition coefficient (Wildman–Crippen LogP) is 6.91. The Bertz CT molecular complexity index is 1270. The van der Waals surface area contributed by atoms with Crippen molar-refractivity contribution in [3.8, 4) is 16.6 Å². The molecule has 2 aromatic carbocycles. The molecule has 3 heterocycles. The van der Waals surface area contributed by atoms with Crippen LogP contribution in [0.1, 0.15) is 67.8 Å². The Morgan fingerprint density at radius 1 is 1.21 bits per heavy atom. The number of amides is 1. The van der Waals surface area contributed by atoms with Crippen LogP contribution in [0.15, 0.2) is 47.5 Å². The Balaban J connectivity index is 0.000000243. The second-order valence-electron chi connectivity index (χ2n) is 8.07. The molecule has 1 fully saturated rings. The first-order valence-corrected chi connectivity index (χ1v) is 14.8. The summed E-state index contributed by atoms with van der Waals surface area (Å²) in [6.07, 6.45) is 5.68. The minimum atomic E-state index is -0.408. The Hall–Kier alpha value is -3.10. The van der Waals surface area contributed by atoms with Gasteiger partial charge >= 0.3 is 0 Å². The molecular weight excluding hydrogens is 533 g/mol. The molecule has 1 amide bonds. The number of piperidine rings is 1. The SMILES string of the molecule is CC.CC.CNCc1cnc(-c2ccc(C#N)cc2F)s1.O=Cc1ccc2c(c1)NC(=O)C1CCCCN1S2. The van der Waals surface area contributed by atoms with Crippen LogP contribution in [0, 0.1) is 17.1 Å². The minimum absolute atomic E-state index is 0.0454. The van der Waals surface area contributed by atoms with Gasteiger partial charge in [-0.2, -0.15) is 5.26 Å². The van der Waals surface area contributed by atoms with Gasteiger partial charge in [0.1, 0.15) is 17.1 Å². The predicted molar refractivity (Wildman–Crippen MR) is 158 cm³/mol. The fraction of sp³-hybridized carbons (Fsp3) is 0.379. The number of thiazole rings is 1. The van der Waals surface area contributed by atoms with Crippen molar-refractivity contribution in [3.05, 3.63) is 64.4 Å². The van der Waals surface area contributed by atoms with Crippen LogP contribution >= 0.6 is 23.3 Å². The molecule has 2 aliphatic heterocycles. The number of anilines is 1. The van der Waals surface area contributed by atoms with E-state index in [1.807, 2.05) is 46.9 Å². The summed E-state index contributed by atoms with van der Waals surface area (Å²) in [5.41, 5.74) is 2.10. The fourth-order valence-corrected chi connectivity index (χ4v) is 5.95. The van der Waals surface area contributed by atoms with Crippen LogP contribution in [0.2, 0.25) is 0 Å². The highest BCUT2D eigenvalue weighted by molar-refractivity contribution is 7.97. The Morgan fingerprint density at radius 3 is 2.64 bits per heavy atom. The van der Waals surface area contributed by atoms with Gasteiger partial charge in [-0.3, -0.25) is 9.59 Å². The largest absolute Gasteiger partial charge is 0.324 e. The van der Waals surface area contributed by atoms with Crippen LogP contribution in [-0.2, 0) is 11.3 Å². The van der Waals surface area contributed by atoms with Gasteiger partial charge < -0.3 is 10.6 Å². The third-order valence-corrected chi connectivity index (χ3v) is 7.86. The summed E-state index contributed by atoms with van der Waals surface area (Å²) in [6, 6.07) is 11.7. The maximum Gasteiger partial charge on any atom is 0.242 e. The molecule has 208 valence electrons. The van der Waals surface area contributed by atoms with Gasteiger partial charge in [0.2, 0.25) is 5.91 Å². The highest BCUT2D eigenvalue weighted by atomic mass is 32.2. The molecule has 3 aromatic rings. The molecule has 0 radical (unpaired) electrons. The molecule has 5 rings (SSSR count). The van der Waals surface area contributed by atoms with Gasteiger partial charge in [-0.15, -0.1) is 11.3 Å². The third kappa shape index (κ3) is 8.70. The molecule has 1 saturated heterocycles.